The molecule has 0 amide bonds. The summed E-state index contributed by atoms with van der Waals surface area (Å²) in [6.45, 7) is 1.43. The Morgan fingerprint density at radius 3 is 2.89 bits per heavy atom. The summed E-state index contributed by atoms with van der Waals surface area (Å²) in [5.74, 6) is 1.26. The van der Waals surface area contributed by atoms with Gasteiger partial charge in [0.1, 0.15) is 29.2 Å². The maximum Gasteiger partial charge on any atom is 0.187 e. The molecule has 1 aliphatic rings. The van der Waals surface area contributed by atoms with Crippen molar-refractivity contribution in [1.29, 1.82) is 0 Å². The van der Waals surface area contributed by atoms with Gasteiger partial charge in [0.05, 0.1) is 0 Å². The predicted octanol–water partition coefficient (Wildman–Crippen LogP) is 3.41. The Labute approximate surface area is 161 Å². The number of benzene rings is 1. The normalized spacial score (nSPS) is 20.3. The van der Waals surface area contributed by atoms with Crippen molar-refractivity contribution < 1.29 is 9.13 Å². The molecule has 1 aromatic carbocycles. The molecule has 6 nitrogen and oxygen atoms in total. The first kappa shape index (κ1) is 17.1. The molecule has 0 spiro atoms. The zero-order valence-electron chi connectivity index (χ0n) is 15.3. The fourth-order valence-corrected chi connectivity index (χ4v) is 3.63. The van der Waals surface area contributed by atoms with Gasteiger partial charge in [-0.15, -0.1) is 10.2 Å². The number of hydrogen-bond acceptors (Lipinski definition) is 5. The number of nitrogens with zero attached hydrogens (tertiary/aromatic N) is 4. The highest BCUT2D eigenvalue weighted by Crippen LogP contribution is 2.29. The molecule has 4 aromatic rings. The van der Waals surface area contributed by atoms with Gasteiger partial charge >= 0.3 is 0 Å². The fourth-order valence-electron chi connectivity index (χ4n) is 3.63. The molecular weight excluding hydrogens is 357 g/mol. The lowest BCUT2D eigenvalue weighted by molar-refractivity contribution is 0.0983. The Morgan fingerprint density at radius 2 is 1.93 bits per heavy atom. The van der Waals surface area contributed by atoms with Gasteiger partial charge in [0.2, 0.25) is 0 Å². The van der Waals surface area contributed by atoms with Crippen molar-refractivity contribution in [2.75, 3.05) is 13.1 Å². The standard InChI is InChI=1S/C21H20FN5O/c22-15-9-11-23-12-10-17(15)28-18-5-3-4-14-7-8-16(24-20(14)18)21-26-25-19-6-1-2-13-27(19)21/h1-8,13,15,17,23H,9-12H2/t15-,17-/m1/s1. The second-order valence-corrected chi connectivity index (χ2v) is 6.98. The van der Waals surface area contributed by atoms with Gasteiger partial charge in [-0.25, -0.2) is 9.37 Å². The molecule has 7 heteroatoms. The van der Waals surface area contributed by atoms with E-state index in [1.165, 1.54) is 0 Å². The minimum absolute atomic E-state index is 0.458. The third kappa shape index (κ3) is 3.07. The van der Waals surface area contributed by atoms with Gasteiger partial charge in [0.25, 0.3) is 0 Å². The Hall–Kier alpha value is -3.06. The van der Waals surface area contributed by atoms with Gasteiger partial charge in [0.15, 0.2) is 11.5 Å². The number of alkyl halides is 1. The maximum atomic E-state index is 14.5. The molecule has 2 atom stereocenters. The van der Waals surface area contributed by atoms with Gasteiger partial charge in [-0.05, 0) is 50.2 Å². The van der Waals surface area contributed by atoms with Crippen molar-refractivity contribution in [3.8, 4) is 17.3 Å². The molecule has 5 rings (SSSR count). The lowest BCUT2D eigenvalue weighted by Gasteiger charge is -2.21. The minimum atomic E-state index is -0.992. The average molecular weight is 377 g/mol. The van der Waals surface area contributed by atoms with E-state index < -0.39 is 12.3 Å². The van der Waals surface area contributed by atoms with E-state index >= 15 is 0 Å². The summed E-state index contributed by atoms with van der Waals surface area (Å²) in [5.41, 5.74) is 2.16. The van der Waals surface area contributed by atoms with E-state index in [1.807, 2.05) is 59.1 Å². The summed E-state index contributed by atoms with van der Waals surface area (Å²) in [7, 11) is 0. The third-order valence-electron chi connectivity index (χ3n) is 5.11. The molecule has 0 radical (unpaired) electrons. The van der Waals surface area contributed by atoms with E-state index in [0.29, 0.717) is 42.2 Å². The van der Waals surface area contributed by atoms with Crippen LogP contribution in [-0.4, -0.2) is 44.9 Å². The summed E-state index contributed by atoms with van der Waals surface area (Å²) >= 11 is 0. The topological polar surface area (TPSA) is 64.3 Å². The first-order chi connectivity index (χ1) is 13.8. The number of aromatic nitrogens is 4. The second-order valence-electron chi connectivity index (χ2n) is 6.98. The van der Waals surface area contributed by atoms with Crippen LogP contribution in [0.2, 0.25) is 0 Å². The molecule has 1 N–H and O–H groups in total. The zero-order valence-corrected chi connectivity index (χ0v) is 15.3. The van der Waals surface area contributed by atoms with Crippen LogP contribution in [0, 0.1) is 0 Å². The molecule has 28 heavy (non-hydrogen) atoms. The van der Waals surface area contributed by atoms with Crippen molar-refractivity contribution >= 4 is 16.6 Å². The summed E-state index contributed by atoms with van der Waals surface area (Å²) in [4.78, 5) is 4.80. The summed E-state index contributed by atoms with van der Waals surface area (Å²) in [6, 6.07) is 15.4. The van der Waals surface area contributed by atoms with Crippen molar-refractivity contribution in [2.45, 2.75) is 25.1 Å². The van der Waals surface area contributed by atoms with E-state index in [4.69, 9.17) is 9.72 Å². The molecule has 142 valence electrons. The lowest BCUT2D eigenvalue weighted by atomic mass is 10.1. The fraction of sp³-hybridized carbons (Fsp3) is 0.286. The number of ether oxygens (including phenoxy) is 1. The van der Waals surface area contributed by atoms with E-state index in [9.17, 15) is 4.39 Å². The van der Waals surface area contributed by atoms with Crippen LogP contribution in [0.5, 0.6) is 5.75 Å². The van der Waals surface area contributed by atoms with Crippen molar-refractivity contribution in [3.63, 3.8) is 0 Å². The van der Waals surface area contributed by atoms with Gasteiger partial charge in [0, 0.05) is 11.6 Å². The molecule has 0 unspecified atom stereocenters. The van der Waals surface area contributed by atoms with Crippen LogP contribution in [-0.2, 0) is 0 Å². The van der Waals surface area contributed by atoms with E-state index in [1.54, 1.807) is 0 Å². The van der Waals surface area contributed by atoms with Crippen LogP contribution in [0.3, 0.4) is 0 Å². The van der Waals surface area contributed by atoms with Gasteiger partial charge in [-0.1, -0.05) is 24.3 Å². The Balaban J connectivity index is 1.56. The van der Waals surface area contributed by atoms with E-state index in [-0.39, 0.29) is 0 Å². The van der Waals surface area contributed by atoms with Gasteiger partial charge < -0.3 is 10.1 Å². The molecule has 1 saturated heterocycles. The lowest BCUT2D eigenvalue weighted by Crippen LogP contribution is -2.28. The number of para-hydroxylation sites is 1. The Bertz CT molecular complexity index is 1130. The van der Waals surface area contributed by atoms with Crippen LogP contribution < -0.4 is 10.1 Å². The van der Waals surface area contributed by atoms with Crippen molar-refractivity contribution in [3.05, 3.63) is 54.7 Å². The quantitative estimate of drug-likeness (QED) is 0.593. The Kier molecular flexibility index (Phi) is 4.37. The van der Waals surface area contributed by atoms with E-state index in [0.717, 1.165) is 17.6 Å². The van der Waals surface area contributed by atoms with Crippen LogP contribution in [0.1, 0.15) is 12.8 Å². The summed E-state index contributed by atoms with van der Waals surface area (Å²) in [6.07, 6.45) is 1.53. The summed E-state index contributed by atoms with van der Waals surface area (Å²) in [5, 5.41) is 12.6. The number of fused-ring (bicyclic) bond motifs is 2. The number of nitrogens with one attached hydrogen (secondary N) is 1. The third-order valence-corrected chi connectivity index (χ3v) is 5.11. The van der Waals surface area contributed by atoms with Crippen LogP contribution in [0.15, 0.2) is 54.7 Å². The number of halogens is 1. The molecule has 0 aliphatic carbocycles. The number of hydrogen-bond donors (Lipinski definition) is 1. The predicted molar refractivity (Wildman–Crippen MR) is 105 cm³/mol. The highest BCUT2D eigenvalue weighted by Gasteiger charge is 2.25. The maximum absolute atomic E-state index is 14.5. The SMILES string of the molecule is F[C@@H]1CCNCC[C@H]1Oc1cccc2ccc(-c3nnc4ccccn34)nc12. The first-order valence-electron chi connectivity index (χ1n) is 9.51. The monoisotopic (exact) mass is 377 g/mol. The largest absolute Gasteiger partial charge is 0.485 e. The molecule has 1 aliphatic heterocycles. The number of pyridine rings is 2. The molecular formula is C21H20FN5O. The van der Waals surface area contributed by atoms with Crippen LogP contribution in [0.4, 0.5) is 4.39 Å². The molecule has 0 saturated carbocycles. The highest BCUT2D eigenvalue weighted by atomic mass is 19.1. The van der Waals surface area contributed by atoms with Gasteiger partial charge in [-0.3, -0.25) is 4.40 Å². The van der Waals surface area contributed by atoms with Crippen LogP contribution in [0.25, 0.3) is 28.1 Å². The van der Waals surface area contributed by atoms with Gasteiger partial charge in [-0.2, -0.15) is 0 Å². The smallest absolute Gasteiger partial charge is 0.187 e. The second kappa shape index (κ2) is 7.16. The van der Waals surface area contributed by atoms with Crippen molar-refractivity contribution in [2.24, 2.45) is 0 Å². The van der Waals surface area contributed by atoms with E-state index in [2.05, 4.69) is 15.5 Å². The summed E-state index contributed by atoms with van der Waals surface area (Å²) < 4.78 is 22.5. The number of rotatable bonds is 3. The Morgan fingerprint density at radius 1 is 1.00 bits per heavy atom. The first-order valence-corrected chi connectivity index (χ1v) is 9.51. The van der Waals surface area contributed by atoms with Crippen molar-refractivity contribution in [1.82, 2.24) is 24.9 Å². The molecule has 4 heterocycles. The molecule has 0 bridgehead atoms. The highest BCUT2D eigenvalue weighted by molar-refractivity contribution is 5.86. The van der Waals surface area contributed by atoms with Crippen LogP contribution >= 0.6 is 0 Å². The zero-order chi connectivity index (χ0) is 18.9. The average Bonchev–Trinajstić information content (AvgIpc) is 3.06. The molecule has 1 fully saturated rings. The minimum Gasteiger partial charge on any atom is -0.485 e. The molecule has 3 aromatic heterocycles.